The fourth-order valence-electron chi connectivity index (χ4n) is 4.19. The smallest absolute Gasteiger partial charge is 0.0292 e. The summed E-state index contributed by atoms with van der Waals surface area (Å²) in [6.45, 7) is 10.7. The normalized spacial score (nSPS) is 34.9. The molecule has 1 aromatic carbocycles. The standard InChI is InChI=1S/C17H26N2/c1-13(2)15-16-17(3,9-10-18-16)12-19(15)11-14-7-5-4-6-8-14/h4-8,13,15-16,18H,9-12H2,1-3H3. The summed E-state index contributed by atoms with van der Waals surface area (Å²) in [5.41, 5.74) is 1.92. The van der Waals surface area contributed by atoms with E-state index in [0.29, 0.717) is 23.4 Å². The van der Waals surface area contributed by atoms with E-state index in [1.165, 1.54) is 25.1 Å². The Kier molecular flexibility index (Phi) is 3.40. The molecule has 2 aliphatic heterocycles. The number of nitrogens with zero attached hydrogens (tertiary/aromatic N) is 1. The Bertz CT molecular complexity index is 428. The van der Waals surface area contributed by atoms with Gasteiger partial charge in [-0.3, -0.25) is 4.90 Å². The van der Waals surface area contributed by atoms with Gasteiger partial charge in [0, 0.05) is 25.2 Å². The molecular weight excluding hydrogens is 232 g/mol. The van der Waals surface area contributed by atoms with Crippen LogP contribution in [0.4, 0.5) is 0 Å². The van der Waals surface area contributed by atoms with E-state index >= 15 is 0 Å². The predicted octanol–water partition coefficient (Wildman–Crippen LogP) is 2.90. The first-order valence-electron chi connectivity index (χ1n) is 7.61. The van der Waals surface area contributed by atoms with Gasteiger partial charge in [-0.15, -0.1) is 0 Å². The minimum absolute atomic E-state index is 0.476. The molecule has 19 heavy (non-hydrogen) atoms. The molecule has 2 heterocycles. The summed E-state index contributed by atoms with van der Waals surface area (Å²) in [6, 6.07) is 12.3. The quantitative estimate of drug-likeness (QED) is 0.897. The zero-order valence-electron chi connectivity index (χ0n) is 12.4. The Labute approximate surface area is 117 Å². The highest BCUT2D eigenvalue weighted by Gasteiger charge is 2.52. The van der Waals surface area contributed by atoms with Gasteiger partial charge in [-0.05, 0) is 29.9 Å². The molecule has 1 N–H and O–H groups in total. The molecule has 0 radical (unpaired) electrons. The molecule has 1 aromatic rings. The average Bonchev–Trinajstić information content (AvgIpc) is 2.83. The van der Waals surface area contributed by atoms with Crippen LogP contribution in [0, 0.1) is 11.3 Å². The fraction of sp³-hybridized carbons (Fsp3) is 0.647. The summed E-state index contributed by atoms with van der Waals surface area (Å²) in [5.74, 6) is 0.709. The van der Waals surface area contributed by atoms with Crippen molar-refractivity contribution in [1.82, 2.24) is 10.2 Å². The Hall–Kier alpha value is -0.860. The lowest BCUT2D eigenvalue weighted by atomic mass is 9.81. The van der Waals surface area contributed by atoms with Crippen molar-refractivity contribution in [3.8, 4) is 0 Å². The van der Waals surface area contributed by atoms with Crippen molar-refractivity contribution < 1.29 is 0 Å². The topological polar surface area (TPSA) is 15.3 Å². The molecule has 2 saturated heterocycles. The second-order valence-electron chi connectivity index (χ2n) is 6.96. The molecule has 0 spiro atoms. The summed E-state index contributed by atoms with van der Waals surface area (Å²) in [7, 11) is 0. The second-order valence-corrected chi connectivity index (χ2v) is 6.96. The molecule has 0 bridgehead atoms. The molecule has 3 unspecified atom stereocenters. The van der Waals surface area contributed by atoms with Crippen LogP contribution >= 0.6 is 0 Å². The maximum absolute atomic E-state index is 3.76. The van der Waals surface area contributed by atoms with Crippen LogP contribution in [0.2, 0.25) is 0 Å². The molecule has 3 atom stereocenters. The van der Waals surface area contributed by atoms with E-state index in [1.807, 2.05) is 0 Å². The van der Waals surface area contributed by atoms with E-state index in [1.54, 1.807) is 0 Å². The lowest BCUT2D eigenvalue weighted by Gasteiger charge is -2.31. The average molecular weight is 258 g/mol. The molecule has 2 nitrogen and oxygen atoms in total. The first-order chi connectivity index (χ1) is 9.10. The third kappa shape index (κ3) is 2.32. The maximum atomic E-state index is 3.76. The molecule has 0 amide bonds. The maximum Gasteiger partial charge on any atom is 0.0292 e. The van der Waals surface area contributed by atoms with Crippen LogP contribution in [0.1, 0.15) is 32.8 Å². The number of hydrogen-bond donors (Lipinski definition) is 1. The number of hydrogen-bond acceptors (Lipinski definition) is 2. The summed E-state index contributed by atoms with van der Waals surface area (Å²) >= 11 is 0. The van der Waals surface area contributed by atoms with Crippen LogP contribution in [0.5, 0.6) is 0 Å². The van der Waals surface area contributed by atoms with Gasteiger partial charge in [0.25, 0.3) is 0 Å². The minimum atomic E-state index is 0.476. The van der Waals surface area contributed by atoms with Gasteiger partial charge in [-0.1, -0.05) is 51.1 Å². The highest BCUT2D eigenvalue weighted by Crippen LogP contribution is 2.43. The van der Waals surface area contributed by atoms with Crippen molar-refractivity contribution in [1.29, 1.82) is 0 Å². The monoisotopic (exact) mass is 258 g/mol. The van der Waals surface area contributed by atoms with Crippen LogP contribution in [0.15, 0.2) is 30.3 Å². The van der Waals surface area contributed by atoms with Crippen LogP contribution in [-0.2, 0) is 6.54 Å². The van der Waals surface area contributed by atoms with Crippen LogP contribution in [0.3, 0.4) is 0 Å². The third-order valence-corrected chi connectivity index (χ3v) is 5.05. The molecule has 2 aliphatic rings. The lowest BCUT2D eigenvalue weighted by molar-refractivity contribution is 0.177. The third-order valence-electron chi connectivity index (χ3n) is 5.05. The number of likely N-dealkylation sites (tertiary alicyclic amines) is 1. The first-order valence-corrected chi connectivity index (χ1v) is 7.61. The van der Waals surface area contributed by atoms with Crippen molar-refractivity contribution in [3.05, 3.63) is 35.9 Å². The Balaban J connectivity index is 1.81. The number of rotatable bonds is 3. The van der Waals surface area contributed by atoms with Gasteiger partial charge >= 0.3 is 0 Å². The van der Waals surface area contributed by atoms with Gasteiger partial charge < -0.3 is 5.32 Å². The Morgan fingerprint density at radius 3 is 2.74 bits per heavy atom. The number of benzene rings is 1. The highest BCUT2D eigenvalue weighted by atomic mass is 15.3. The zero-order chi connectivity index (χ0) is 13.5. The SMILES string of the molecule is CC(C)C1C2NCCC2(C)CN1Cc1ccccc1. The largest absolute Gasteiger partial charge is 0.312 e. The first kappa shape index (κ1) is 13.1. The van der Waals surface area contributed by atoms with Gasteiger partial charge in [0.15, 0.2) is 0 Å². The van der Waals surface area contributed by atoms with Crippen molar-refractivity contribution in [2.75, 3.05) is 13.1 Å². The van der Waals surface area contributed by atoms with Gasteiger partial charge in [0.2, 0.25) is 0 Å². The van der Waals surface area contributed by atoms with Gasteiger partial charge in [0.1, 0.15) is 0 Å². The summed E-state index contributed by atoms with van der Waals surface area (Å²) in [5, 5.41) is 3.76. The molecule has 0 saturated carbocycles. The van der Waals surface area contributed by atoms with E-state index in [9.17, 15) is 0 Å². The number of fused-ring (bicyclic) bond motifs is 1. The van der Waals surface area contributed by atoms with Crippen molar-refractivity contribution in [2.45, 2.75) is 45.8 Å². The van der Waals surface area contributed by atoms with Gasteiger partial charge in [-0.25, -0.2) is 0 Å². The van der Waals surface area contributed by atoms with E-state index in [0.717, 1.165) is 6.54 Å². The van der Waals surface area contributed by atoms with Crippen LogP contribution in [-0.4, -0.2) is 30.1 Å². The fourth-order valence-corrected chi connectivity index (χ4v) is 4.19. The van der Waals surface area contributed by atoms with E-state index in [2.05, 4.69) is 61.3 Å². The zero-order valence-corrected chi connectivity index (χ0v) is 12.4. The lowest BCUT2D eigenvalue weighted by Crippen LogP contribution is -2.45. The molecule has 0 aromatic heterocycles. The Morgan fingerprint density at radius 1 is 1.32 bits per heavy atom. The van der Waals surface area contributed by atoms with E-state index in [4.69, 9.17) is 0 Å². The van der Waals surface area contributed by atoms with Crippen molar-refractivity contribution in [2.24, 2.45) is 11.3 Å². The molecular formula is C17H26N2. The summed E-state index contributed by atoms with van der Waals surface area (Å²) in [6.07, 6.45) is 1.33. The van der Waals surface area contributed by atoms with Crippen LogP contribution < -0.4 is 5.32 Å². The minimum Gasteiger partial charge on any atom is -0.312 e. The van der Waals surface area contributed by atoms with Crippen molar-refractivity contribution in [3.63, 3.8) is 0 Å². The van der Waals surface area contributed by atoms with Crippen LogP contribution in [0.25, 0.3) is 0 Å². The highest BCUT2D eigenvalue weighted by molar-refractivity contribution is 5.17. The van der Waals surface area contributed by atoms with Gasteiger partial charge in [-0.2, -0.15) is 0 Å². The van der Waals surface area contributed by atoms with E-state index < -0.39 is 0 Å². The summed E-state index contributed by atoms with van der Waals surface area (Å²) < 4.78 is 0. The second kappa shape index (κ2) is 4.92. The molecule has 0 aliphatic carbocycles. The molecule has 2 heteroatoms. The Morgan fingerprint density at radius 2 is 2.05 bits per heavy atom. The van der Waals surface area contributed by atoms with Crippen molar-refractivity contribution >= 4 is 0 Å². The molecule has 2 fully saturated rings. The van der Waals surface area contributed by atoms with E-state index in [-0.39, 0.29) is 0 Å². The predicted molar refractivity (Wildman–Crippen MR) is 80.0 cm³/mol. The summed E-state index contributed by atoms with van der Waals surface area (Å²) in [4.78, 5) is 2.71. The molecule has 3 rings (SSSR count). The molecule has 104 valence electrons. The number of nitrogens with one attached hydrogen (secondary N) is 1. The van der Waals surface area contributed by atoms with Gasteiger partial charge in [0.05, 0.1) is 0 Å².